The lowest BCUT2D eigenvalue weighted by Gasteiger charge is -2.29. The van der Waals surface area contributed by atoms with E-state index in [1.165, 1.54) is 12.3 Å². The maximum Gasteiger partial charge on any atom is 0.325 e. The number of nitriles is 1. The van der Waals surface area contributed by atoms with Crippen LogP contribution in [-0.4, -0.2) is 55.3 Å². The van der Waals surface area contributed by atoms with E-state index in [0.717, 1.165) is 53.8 Å². The van der Waals surface area contributed by atoms with Crippen molar-refractivity contribution in [3.63, 3.8) is 0 Å². The molecule has 208 valence electrons. The number of benzene rings is 2. The lowest BCUT2D eigenvalue weighted by Crippen LogP contribution is -2.33. The number of hydrogen-bond acceptors (Lipinski definition) is 6. The summed E-state index contributed by atoms with van der Waals surface area (Å²) in [5.41, 5.74) is 7.99. The Balaban J connectivity index is 0.00000141. The summed E-state index contributed by atoms with van der Waals surface area (Å²) in [4.78, 5) is 24.8. The molecule has 1 fully saturated rings. The molecule has 1 aliphatic heterocycles. The van der Waals surface area contributed by atoms with Crippen LogP contribution in [0.4, 0.5) is 14.9 Å². The highest BCUT2D eigenvalue weighted by molar-refractivity contribution is 5.93. The van der Waals surface area contributed by atoms with E-state index in [1.807, 2.05) is 60.5 Å². The number of likely N-dealkylation sites (N-methyl/N-ethyl adjacent to an activating group) is 1. The van der Waals surface area contributed by atoms with Gasteiger partial charge in [-0.2, -0.15) is 5.26 Å². The Kier molecular flexibility index (Phi) is 10.7. The molecule has 1 aliphatic rings. The third-order valence-corrected chi connectivity index (χ3v) is 6.82. The molecule has 0 aliphatic carbocycles. The molecular formula is C30H34FN7O2. The number of halogens is 1. The van der Waals surface area contributed by atoms with Gasteiger partial charge >= 0.3 is 6.03 Å². The Bertz CT molecular complexity index is 1450. The van der Waals surface area contributed by atoms with E-state index in [9.17, 15) is 9.18 Å². The molecule has 4 rings (SSSR count). The maximum absolute atomic E-state index is 14.9. The van der Waals surface area contributed by atoms with Gasteiger partial charge < -0.3 is 21.4 Å². The molecule has 2 heterocycles. The van der Waals surface area contributed by atoms with E-state index < -0.39 is 0 Å². The monoisotopic (exact) mass is 543 g/mol. The largest absolute Gasteiger partial charge is 0.372 e. The molecule has 3 aromatic rings. The minimum absolute atomic E-state index is 0.112. The summed E-state index contributed by atoms with van der Waals surface area (Å²) in [6.07, 6.45) is 10.2. The van der Waals surface area contributed by atoms with Crippen LogP contribution in [0.3, 0.4) is 0 Å². The van der Waals surface area contributed by atoms with Crippen molar-refractivity contribution in [2.45, 2.75) is 19.4 Å². The molecule has 0 spiro atoms. The van der Waals surface area contributed by atoms with Crippen molar-refractivity contribution in [2.75, 3.05) is 32.1 Å². The molecular weight excluding hydrogens is 509 g/mol. The van der Waals surface area contributed by atoms with Crippen LogP contribution in [-0.2, 0) is 11.3 Å². The number of rotatable bonds is 7. The fourth-order valence-electron chi connectivity index (χ4n) is 4.59. The number of carbonyl (C=O) groups is 2. The van der Waals surface area contributed by atoms with Gasteiger partial charge in [-0.05, 0) is 74.0 Å². The molecule has 0 unspecified atom stereocenters. The number of anilines is 1. The van der Waals surface area contributed by atoms with Crippen LogP contribution in [0.1, 0.15) is 24.0 Å². The number of carbonyl (C=O) groups excluding carboxylic acids is 2. The van der Waals surface area contributed by atoms with E-state index in [2.05, 4.69) is 22.0 Å². The smallest absolute Gasteiger partial charge is 0.325 e. The van der Waals surface area contributed by atoms with E-state index in [1.54, 1.807) is 23.9 Å². The van der Waals surface area contributed by atoms with Crippen molar-refractivity contribution < 1.29 is 14.0 Å². The highest BCUT2D eigenvalue weighted by Gasteiger charge is 2.19. The van der Waals surface area contributed by atoms with Crippen LogP contribution in [0.25, 0.3) is 17.0 Å². The standard InChI is InChI=1S/C29H31FN6O.CH3NO/c1-33-29(37)36-16-12-23-18-26(7-8-28(23)36)34(2)25(9-13-31)6-4-21-3-5-24(27(30)17-21)20-35-14-10-22(19-32)11-15-35;2-1-3/h3-9,12-13,16-18,22,31H,10-11,14-15,20H2,1-2H3,(H,33,37);1H,(H2,2,3)/b6-4+,25-9+,31-13?;. The number of primary amides is 1. The molecule has 0 atom stereocenters. The Hall–Kier alpha value is -4.75. The van der Waals surface area contributed by atoms with Gasteiger partial charge in [0.05, 0.1) is 11.6 Å². The number of allylic oxidation sites excluding steroid dienone is 2. The van der Waals surface area contributed by atoms with Crippen molar-refractivity contribution in [1.29, 1.82) is 10.7 Å². The van der Waals surface area contributed by atoms with Gasteiger partial charge in [0.1, 0.15) is 5.82 Å². The molecule has 2 amide bonds. The Morgan fingerprint density at radius 2 is 1.98 bits per heavy atom. The lowest BCUT2D eigenvalue weighted by molar-refractivity contribution is -0.106. The fourth-order valence-corrected chi connectivity index (χ4v) is 4.59. The minimum Gasteiger partial charge on any atom is -0.372 e. The van der Waals surface area contributed by atoms with E-state index in [0.29, 0.717) is 12.1 Å². The van der Waals surface area contributed by atoms with E-state index in [-0.39, 0.29) is 24.2 Å². The fraction of sp³-hybridized carbons (Fsp3) is 0.267. The van der Waals surface area contributed by atoms with Gasteiger partial charge in [0.25, 0.3) is 0 Å². The van der Waals surface area contributed by atoms with Crippen molar-refractivity contribution in [3.8, 4) is 6.07 Å². The zero-order valence-electron chi connectivity index (χ0n) is 22.7. The molecule has 10 heteroatoms. The molecule has 0 saturated carbocycles. The van der Waals surface area contributed by atoms with Gasteiger partial charge in [0, 0.05) is 61.3 Å². The van der Waals surface area contributed by atoms with Crippen LogP contribution in [0.2, 0.25) is 0 Å². The zero-order valence-corrected chi connectivity index (χ0v) is 22.7. The van der Waals surface area contributed by atoms with Crippen molar-refractivity contribution in [3.05, 3.63) is 83.5 Å². The average Bonchev–Trinajstić information content (AvgIpc) is 3.40. The normalized spacial score (nSPS) is 14.3. The number of nitrogens with zero attached hydrogens (tertiary/aromatic N) is 4. The molecule has 0 bridgehead atoms. The van der Waals surface area contributed by atoms with Crippen molar-refractivity contribution in [1.82, 2.24) is 14.8 Å². The van der Waals surface area contributed by atoms with E-state index >= 15 is 0 Å². The topological polar surface area (TPSA) is 131 Å². The number of hydrogen-bond donors (Lipinski definition) is 3. The summed E-state index contributed by atoms with van der Waals surface area (Å²) in [5.74, 6) is -0.137. The van der Waals surface area contributed by atoms with Crippen molar-refractivity contribution >= 4 is 41.3 Å². The summed E-state index contributed by atoms with van der Waals surface area (Å²) in [6, 6.07) is 15.0. The summed E-state index contributed by atoms with van der Waals surface area (Å²) in [6.45, 7) is 2.16. The van der Waals surface area contributed by atoms with Crippen LogP contribution in [0, 0.1) is 28.5 Å². The van der Waals surface area contributed by atoms with Gasteiger partial charge in [-0.15, -0.1) is 0 Å². The number of nitrogens with one attached hydrogen (secondary N) is 2. The highest BCUT2D eigenvalue weighted by atomic mass is 19.1. The van der Waals surface area contributed by atoms with Gasteiger partial charge in [-0.1, -0.05) is 18.2 Å². The summed E-state index contributed by atoms with van der Waals surface area (Å²) in [5, 5.41) is 20.2. The van der Waals surface area contributed by atoms with Gasteiger partial charge in [0.2, 0.25) is 6.41 Å². The molecule has 9 nitrogen and oxygen atoms in total. The van der Waals surface area contributed by atoms with E-state index in [4.69, 9.17) is 15.5 Å². The first-order chi connectivity index (χ1) is 19.3. The lowest BCUT2D eigenvalue weighted by atomic mass is 9.98. The number of nitrogens with two attached hydrogens (primary N) is 1. The SMILES string of the molecule is CNC(=O)n1ccc2cc(N(C)C(/C=C/c3ccc(CN4CCC(C#N)CC4)c(F)c3)=C/C=N)ccc21.NC=O. The number of likely N-dealkylation sites (tertiary alicyclic amines) is 1. The molecule has 40 heavy (non-hydrogen) atoms. The number of piperidine rings is 1. The summed E-state index contributed by atoms with van der Waals surface area (Å²) in [7, 11) is 3.49. The molecule has 2 aromatic carbocycles. The average molecular weight is 544 g/mol. The predicted molar refractivity (Wildman–Crippen MR) is 156 cm³/mol. The number of amides is 2. The quantitative estimate of drug-likeness (QED) is 0.230. The minimum atomic E-state index is -0.249. The van der Waals surface area contributed by atoms with Crippen LogP contribution in [0.5, 0.6) is 0 Å². The Morgan fingerprint density at radius 1 is 1.25 bits per heavy atom. The molecule has 1 saturated heterocycles. The van der Waals surface area contributed by atoms with Crippen molar-refractivity contribution in [2.24, 2.45) is 11.7 Å². The first-order valence-electron chi connectivity index (χ1n) is 12.9. The first-order valence-corrected chi connectivity index (χ1v) is 12.9. The highest BCUT2D eigenvalue weighted by Crippen LogP contribution is 2.26. The number of fused-ring (bicyclic) bond motifs is 1. The summed E-state index contributed by atoms with van der Waals surface area (Å²) < 4.78 is 16.4. The predicted octanol–water partition coefficient (Wildman–Crippen LogP) is 4.49. The third kappa shape index (κ3) is 7.42. The van der Waals surface area contributed by atoms with Gasteiger partial charge in [-0.3, -0.25) is 14.3 Å². The Morgan fingerprint density at radius 3 is 2.60 bits per heavy atom. The second-order valence-corrected chi connectivity index (χ2v) is 9.30. The van der Waals surface area contributed by atoms with Gasteiger partial charge in [0.15, 0.2) is 0 Å². The summed E-state index contributed by atoms with van der Waals surface area (Å²) >= 11 is 0. The zero-order chi connectivity index (χ0) is 29.1. The molecule has 1 aromatic heterocycles. The molecule has 0 radical (unpaired) electrons. The molecule has 4 N–H and O–H groups in total. The Labute approximate surface area is 233 Å². The first kappa shape index (κ1) is 29.8. The maximum atomic E-state index is 14.9. The second kappa shape index (κ2) is 14.4. The second-order valence-electron chi connectivity index (χ2n) is 9.30. The third-order valence-electron chi connectivity index (χ3n) is 6.82. The van der Waals surface area contributed by atoms with Crippen LogP contribution in [0.15, 0.2) is 66.5 Å². The van der Waals surface area contributed by atoms with Crippen LogP contribution >= 0.6 is 0 Å². The van der Waals surface area contributed by atoms with Crippen LogP contribution < -0.4 is 16.0 Å². The number of aromatic nitrogens is 1. The van der Waals surface area contributed by atoms with Gasteiger partial charge in [-0.25, -0.2) is 9.18 Å².